The first kappa shape index (κ1) is 21.9. The van der Waals surface area contributed by atoms with Gasteiger partial charge >= 0.3 is 0 Å². The second kappa shape index (κ2) is 11.5. The number of para-hydroxylation sites is 1. The first-order valence-corrected chi connectivity index (χ1v) is 9.74. The highest BCUT2D eigenvalue weighted by atomic mass is 19.1. The molecule has 0 radical (unpaired) electrons. The lowest BCUT2D eigenvalue weighted by Crippen LogP contribution is -2.45. The minimum absolute atomic E-state index is 0.0405. The predicted octanol–water partition coefficient (Wildman–Crippen LogP) is 1.79. The summed E-state index contributed by atoms with van der Waals surface area (Å²) in [5, 5.41) is 6.42. The van der Waals surface area contributed by atoms with Crippen molar-refractivity contribution in [2.75, 3.05) is 40.3 Å². The lowest BCUT2D eigenvalue weighted by Gasteiger charge is -2.21. The molecule has 1 heterocycles. The van der Waals surface area contributed by atoms with Gasteiger partial charge in [0.05, 0.1) is 12.6 Å². The Bertz CT molecular complexity index is 648. The van der Waals surface area contributed by atoms with Gasteiger partial charge < -0.3 is 25.0 Å². The molecule has 28 heavy (non-hydrogen) atoms. The van der Waals surface area contributed by atoms with Crippen molar-refractivity contribution in [1.82, 2.24) is 15.5 Å². The van der Waals surface area contributed by atoms with Crippen LogP contribution in [0.2, 0.25) is 0 Å². The van der Waals surface area contributed by atoms with Crippen LogP contribution in [0.15, 0.2) is 29.3 Å². The normalized spacial score (nSPS) is 17.9. The van der Waals surface area contributed by atoms with Crippen LogP contribution in [0, 0.1) is 5.82 Å². The van der Waals surface area contributed by atoms with Gasteiger partial charge in [0.2, 0.25) is 5.91 Å². The SMILES string of the molecule is CCC(CNC(=NCC(=O)N(C)C)NCC1CCCO1)Oc1ccccc1F. The lowest BCUT2D eigenvalue weighted by molar-refractivity contribution is -0.127. The molecule has 8 heteroatoms. The average molecular weight is 394 g/mol. The van der Waals surface area contributed by atoms with Gasteiger partial charge in [-0.3, -0.25) is 4.79 Å². The Balaban J connectivity index is 1.93. The molecule has 0 saturated carbocycles. The van der Waals surface area contributed by atoms with Crippen LogP contribution in [-0.4, -0.2) is 69.3 Å². The highest BCUT2D eigenvalue weighted by Gasteiger charge is 2.17. The number of guanidine groups is 1. The smallest absolute Gasteiger partial charge is 0.243 e. The lowest BCUT2D eigenvalue weighted by atomic mass is 10.2. The molecule has 2 unspecified atom stereocenters. The van der Waals surface area contributed by atoms with Crippen molar-refractivity contribution >= 4 is 11.9 Å². The molecule has 2 rings (SSSR count). The summed E-state index contributed by atoms with van der Waals surface area (Å²) in [6.07, 6.45) is 2.66. The highest BCUT2D eigenvalue weighted by molar-refractivity contribution is 5.84. The number of nitrogens with zero attached hydrogens (tertiary/aromatic N) is 2. The summed E-state index contributed by atoms with van der Waals surface area (Å²) in [6.45, 7) is 3.84. The van der Waals surface area contributed by atoms with Crippen molar-refractivity contribution in [3.05, 3.63) is 30.1 Å². The first-order chi connectivity index (χ1) is 13.5. The molecule has 2 atom stereocenters. The molecule has 1 saturated heterocycles. The number of aliphatic imine (C=N–C) groups is 1. The summed E-state index contributed by atoms with van der Waals surface area (Å²) in [6, 6.07) is 6.35. The topological polar surface area (TPSA) is 75.2 Å². The van der Waals surface area contributed by atoms with Crippen LogP contribution in [0.1, 0.15) is 26.2 Å². The summed E-state index contributed by atoms with van der Waals surface area (Å²) in [5.74, 6) is 0.266. The minimum atomic E-state index is -0.386. The summed E-state index contributed by atoms with van der Waals surface area (Å²) < 4.78 is 25.2. The summed E-state index contributed by atoms with van der Waals surface area (Å²) in [7, 11) is 3.39. The van der Waals surface area contributed by atoms with E-state index < -0.39 is 0 Å². The van der Waals surface area contributed by atoms with Gasteiger partial charge in [-0.15, -0.1) is 0 Å². The molecular weight excluding hydrogens is 363 g/mol. The Morgan fingerprint density at radius 1 is 1.39 bits per heavy atom. The molecule has 1 aromatic carbocycles. The molecule has 0 aliphatic carbocycles. The molecule has 2 N–H and O–H groups in total. The first-order valence-electron chi connectivity index (χ1n) is 9.74. The second-order valence-electron chi connectivity index (χ2n) is 6.93. The Hall–Kier alpha value is -2.35. The largest absolute Gasteiger partial charge is 0.486 e. The van der Waals surface area contributed by atoms with Crippen LogP contribution in [0.3, 0.4) is 0 Å². The third-order valence-electron chi connectivity index (χ3n) is 4.48. The van der Waals surface area contributed by atoms with E-state index in [1.807, 2.05) is 6.92 Å². The fraction of sp³-hybridized carbons (Fsp3) is 0.600. The van der Waals surface area contributed by atoms with Crippen molar-refractivity contribution in [1.29, 1.82) is 0 Å². The molecule has 0 spiro atoms. The Labute approximate surface area is 166 Å². The molecular formula is C20H31FN4O3. The van der Waals surface area contributed by atoms with Crippen LogP contribution in [0.4, 0.5) is 4.39 Å². The number of likely N-dealkylation sites (N-methyl/N-ethyl adjacent to an activating group) is 1. The van der Waals surface area contributed by atoms with E-state index >= 15 is 0 Å². The van der Waals surface area contributed by atoms with Crippen LogP contribution >= 0.6 is 0 Å². The monoisotopic (exact) mass is 394 g/mol. The molecule has 1 amide bonds. The minimum Gasteiger partial charge on any atom is -0.486 e. The third-order valence-corrected chi connectivity index (χ3v) is 4.48. The number of carbonyl (C=O) groups is 1. The maximum atomic E-state index is 13.8. The Morgan fingerprint density at radius 2 is 2.18 bits per heavy atom. The number of benzene rings is 1. The number of ether oxygens (including phenoxy) is 2. The van der Waals surface area contributed by atoms with E-state index in [9.17, 15) is 9.18 Å². The Kier molecular flexibility index (Phi) is 9.00. The van der Waals surface area contributed by atoms with E-state index in [0.717, 1.165) is 19.4 Å². The maximum Gasteiger partial charge on any atom is 0.243 e. The molecule has 156 valence electrons. The average Bonchev–Trinajstić information content (AvgIpc) is 3.20. The maximum absolute atomic E-state index is 13.8. The number of rotatable bonds is 9. The quantitative estimate of drug-likeness (QED) is 0.493. The molecule has 0 aromatic heterocycles. The van der Waals surface area contributed by atoms with Crippen LogP contribution in [0.5, 0.6) is 5.75 Å². The van der Waals surface area contributed by atoms with Crippen molar-refractivity contribution in [3.8, 4) is 5.75 Å². The Morgan fingerprint density at radius 3 is 2.82 bits per heavy atom. The van der Waals surface area contributed by atoms with Gasteiger partial charge in [0.1, 0.15) is 12.6 Å². The van der Waals surface area contributed by atoms with Crippen LogP contribution < -0.4 is 15.4 Å². The van der Waals surface area contributed by atoms with E-state index in [1.54, 1.807) is 32.3 Å². The number of amides is 1. The number of halogens is 1. The van der Waals surface area contributed by atoms with E-state index in [4.69, 9.17) is 9.47 Å². The molecule has 0 bridgehead atoms. The van der Waals surface area contributed by atoms with Gasteiger partial charge in [-0.1, -0.05) is 19.1 Å². The van der Waals surface area contributed by atoms with Gasteiger partial charge in [-0.2, -0.15) is 0 Å². The van der Waals surface area contributed by atoms with Crippen molar-refractivity contribution < 1.29 is 18.7 Å². The van der Waals surface area contributed by atoms with Gasteiger partial charge in [0, 0.05) is 27.2 Å². The standard InChI is InChI=1S/C20H31FN4O3/c1-4-15(28-18-10-6-5-9-17(18)21)12-22-20(24-14-19(26)25(2)3)23-13-16-8-7-11-27-16/h5-6,9-10,15-16H,4,7-8,11-14H2,1-3H3,(H2,22,23,24). The summed E-state index contributed by atoms with van der Waals surface area (Å²) in [4.78, 5) is 17.7. The second-order valence-corrected chi connectivity index (χ2v) is 6.93. The van der Waals surface area contributed by atoms with Crippen LogP contribution in [-0.2, 0) is 9.53 Å². The zero-order valence-electron chi connectivity index (χ0n) is 16.9. The van der Waals surface area contributed by atoms with Gasteiger partial charge in [0.25, 0.3) is 0 Å². The fourth-order valence-corrected chi connectivity index (χ4v) is 2.68. The highest BCUT2D eigenvalue weighted by Crippen LogP contribution is 2.17. The van der Waals surface area contributed by atoms with Crippen LogP contribution in [0.25, 0.3) is 0 Å². The third kappa shape index (κ3) is 7.34. The molecule has 1 fully saturated rings. The molecule has 1 aliphatic rings. The number of carbonyl (C=O) groups excluding carboxylic acids is 1. The molecule has 1 aromatic rings. The van der Waals surface area contributed by atoms with E-state index in [2.05, 4.69) is 15.6 Å². The van der Waals surface area contributed by atoms with E-state index in [0.29, 0.717) is 25.5 Å². The summed E-state index contributed by atoms with van der Waals surface area (Å²) in [5.41, 5.74) is 0. The zero-order valence-corrected chi connectivity index (χ0v) is 16.9. The zero-order chi connectivity index (χ0) is 20.4. The number of hydrogen-bond donors (Lipinski definition) is 2. The fourth-order valence-electron chi connectivity index (χ4n) is 2.68. The molecule has 1 aliphatic heterocycles. The molecule has 7 nitrogen and oxygen atoms in total. The van der Waals surface area contributed by atoms with E-state index in [1.165, 1.54) is 11.0 Å². The van der Waals surface area contributed by atoms with Gasteiger partial charge in [0.15, 0.2) is 17.5 Å². The predicted molar refractivity (Wildman–Crippen MR) is 107 cm³/mol. The number of nitrogens with one attached hydrogen (secondary N) is 2. The van der Waals surface area contributed by atoms with Crippen molar-refractivity contribution in [2.24, 2.45) is 4.99 Å². The van der Waals surface area contributed by atoms with Crippen molar-refractivity contribution in [3.63, 3.8) is 0 Å². The van der Waals surface area contributed by atoms with Gasteiger partial charge in [-0.05, 0) is 31.4 Å². The number of hydrogen-bond acceptors (Lipinski definition) is 4. The van der Waals surface area contributed by atoms with Gasteiger partial charge in [-0.25, -0.2) is 9.38 Å². The van der Waals surface area contributed by atoms with Crippen molar-refractivity contribution in [2.45, 2.75) is 38.4 Å². The summed E-state index contributed by atoms with van der Waals surface area (Å²) >= 11 is 0. The van der Waals surface area contributed by atoms with E-state index in [-0.39, 0.29) is 36.2 Å².